The Bertz CT molecular complexity index is 542. The van der Waals surface area contributed by atoms with Crippen LogP contribution < -0.4 is 5.32 Å². The molecular formula is C15H18N2. The number of fused-ring (bicyclic) bond motifs is 1. The van der Waals surface area contributed by atoms with E-state index in [1.807, 2.05) is 6.07 Å². The first kappa shape index (κ1) is 10.6. The minimum Gasteiger partial charge on any atom is -0.382 e. The lowest BCUT2D eigenvalue weighted by Gasteiger charge is -2.34. The summed E-state index contributed by atoms with van der Waals surface area (Å²) in [4.78, 5) is 4.56. The van der Waals surface area contributed by atoms with Gasteiger partial charge in [-0.2, -0.15) is 0 Å². The van der Waals surface area contributed by atoms with Crippen molar-refractivity contribution >= 4 is 16.6 Å². The Morgan fingerprint density at radius 3 is 2.76 bits per heavy atom. The number of nitrogens with one attached hydrogen (secondary N) is 1. The van der Waals surface area contributed by atoms with Crippen LogP contribution in [0.2, 0.25) is 0 Å². The molecule has 1 aliphatic rings. The fraction of sp³-hybridized carbons (Fsp3) is 0.400. The third-order valence-electron chi connectivity index (χ3n) is 3.58. The van der Waals surface area contributed by atoms with Gasteiger partial charge in [0.1, 0.15) is 0 Å². The van der Waals surface area contributed by atoms with Gasteiger partial charge >= 0.3 is 0 Å². The Kier molecular flexibility index (Phi) is 2.50. The first-order valence-electron chi connectivity index (χ1n) is 6.35. The molecule has 0 bridgehead atoms. The van der Waals surface area contributed by atoms with E-state index < -0.39 is 0 Å². The molecule has 1 aliphatic carbocycles. The fourth-order valence-electron chi connectivity index (χ4n) is 2.67. The number of benzene rings is 1. The van der Waals surface area contributed by atoms with Crippen molar-refractivity contribution in [2.24, 2.45) is 5.92 Å². The van der Waals surface area contributed by atoms with Crippen molar-refractivity contribution in [1.82, 2.24) is 4.98 Å². The molecular weight excluding hydrogens is 208 g/mol. The number of hydrogen-bond acceptors (Lipinski definition) is 2. The normalized spacial score (nSPS) is 23.4. The molecule has 0 spiro atoms. The Morgan fingerprint density at radius 1 is 1.24 bits per heavy atom. The summed E-state index contributed by atoms with van der Waals surface area (Å²) < 4.78 is 0. The number of rotatable bonds is 2. The lowest BCUT2D eigenvalue weighted by Crippen LogP contribution is -2.33. The molecule has 2 nitrogen and oxygen atoms in total. The predicted molar refractivity (Wildman–Crippen MR) is 72.3 cm³/mol. The lowest BCUT2D eigenvalue weighted by atomic mass is 9.82. The summed E-state index contributed by atoms with van der Waals surface area (Å²) in [5.74, 6) is 0.877. The van der Waals surface area contributed by atoms with Gasteiger partial charge in [-0.1, -0.05) is 25.1 Å². The maximum absolute atomic E-state index is 4.56. The van der Waals surface area contributed by atoms with Crippen molar-refractivity contribution in [1.29, 1.82) is 0 Å². The van der Waals surface area contributed by atoms with E-state index in [1.54, 1.807) is 0 Å². The van der Waals surface area contributed by atoms with Crippen LogP contribution in [0.4, 0.5) is 5.69 Å². The van der Waals surface area contributed by atoms with E-state index in [9.17, 15) is 0 Å². The zero-order valence-electron chi connectivity index (χ0n) is 10.4. The second-order valence-electron chi connectivity index (χ2n) is 5.25. The highest BCUT2D eigenvalue weighted by Gasteiger charge is 2.25. The SMILES string of the molecule is Cc1cc(NC2CC(C)C2)c2ccccc2n1. The molecule has 1 saturated carbocycles. The maximum atomic E-state index is 4.56. The summed E-state index contributed by atoms with van der Waals surface area (Å²) in [7, 11) is 0. The minimum absolute atomic E-state index is 0.648. The Morgan fingerprint density at radius 2 is 2.00 bits per heavy atom. The molecule has 0 unspecified atom stereocenters. The molecule has 0 atom stereocenters. The molecule has 1 heterocycles. The number of anilines is 1. The number of aromatic nitrogens is 1. The molecule has 2 aromatic rings. The van der Waals surface area contributed by atoms with Crippen LogP contribution in [0.3, 0.4) is 0 Å². The minimum atomic E-state index is 0.648. The van der Waals surface area contributed by atoms with E-state index >= 15 is 0 Å². The second kappa shape index (κ2) is 4.02. The first-order chi connectivity index (χ1) is 8.22. The monoisotopic (exact) mass is 226 g/mol. The molecule has 1 aromatic carbocycles. The molecule has 0 amide bonds. The smallest absolute Gasteiger partial charge is 0.0725 e. The van der Waals surface area contributed by atoms with Crippen molar-refractivity contribution in [2.75, 3.05) is 5.32 Å². The Balaban J connectivity index is 1.97. The van der Waals surface area contributed by atoms with Gasteiger partial charge in [0.05, 0.1) is 5.52 Å². The number of nitrogens with zero attached hydrogens (tertiary/aromatic N) is 1. The fourth-order valence-corrected chi connectivity index (χ4v) is 2.67. The van der Waals surface area contributed by atoms with E-state index in [0.717, 1.165) is 17.1 Å². The predicted octanol–water partition coefficient (Wildman–Crippen LogP) is 3.75. The van der Waals surface area contributed by atoms with E-state index in [0.29, 0.717) is 6.04 Å². The molecule has 1 aromatic heterocycles. The largest absolute Gasteiger partial charge is 0.382 e. The van der Waals surface area contributed by atoms with Gasteiger partial charge in [-0.25, -0.2) is 0 Å². The van der Waals surface area contributed by atoms with Crippen molar-refractivity contribution in [3.63, 3.8) is 0 Å². The summed E-state index contributed by atoms with van der Waals surface area (Å²) in [6.07, 6.45) is 2.57. The van der Waals surface area contributed by atoms with Crippen LogP contribution in [-0.2, 0) is 0 Å². The molecule has 88 valence electrons. The van der Waals surface area contributed by atoms with Crippen LogP contribution in [0.15, 0.2) is 30.3 Å². The van der Waals surface area contributed by atoms with E-state index in [2.05, 4.69) is 48.4 Å². The molecule has 1 fully saturated rings. The van der Waals surface area contributed by atoms with Crippen molar-refractivity contribution in [3.05, 3.63) is 36.0 Å². The van der Waals surface area contributed by atoms with E-state index in [1.165, 1.54) is 23.9 Å². The van der Waals surface area contributed by atoms with Crippen molar-refractivity contribution < 1.29 is 0 Å². The molecule has 3 rings (SSSR count). The van der Waals surface area contributed by atoms with Crippen LogP contribution >= 0.6 is 0 Å². The van der Waals surface area contributed by atoms with Crippen LogP contribution in [-0.4, -0.2) is 11.0 Å². The van der Waals surface area contributed by atoms with Crippen LogP contribution in [0.25, 0.3) is 10.9 Å². The molecule has 0 aliphatic heterocycles. The van der Waals surface area contributed by atoms with E-state index in [4.69, 9.17) is 0 Å². The van der Waals surface area contributed by atoms with Crippen molar-refractivity contribution in [2.45, 2.75) is 32.7 Å². The second-order valence-corrected chi connectivity index (χ2v) is 5.25. The van der Waals surface area contributed by atoms with E-state index in [-0.39, 0.29) is 0 Å². The maximum Gasteiger partial charge on any atom is 0.0725 e. The number of para-hydroxylation sites is 1. The van der Waals surface area contributed by atoms with Crippen LogP contribution in [0.5, 0.6) is 0 Å². The van der Waals surface area contributed by atoms with Gasteiger partial charge in [-0.3, -0.25) is 4.98 Å². The van der Waals surface area contributed by atoms with Crippen LogP contribution in [0.1, 0.15) is 25.5 Å². The summed E-state index contributed by atoms with van der Waals surface area (Å²) in [6, 6.07) is 11.2. The molecule has 17 heavy (non-hydrogen) atoms. The number of pyridine rings is 1. The Hall–Kier alpha value is -1.57. The molecule has 0 saturated heterocycles. The van der Waals surface area contributed by atoms with Gasteiger partial charge in [-0.15, -0.1) is 0 Å². The average molecular weight is 226 g/mol. The highest BCUT2D eigenvalue weighted by molar-refractivity contribution is 5.91. The third kappa shape index (κ3) is 1.99. The van der Waals surface area contributed by atoms with Gasteiger partial charge in [0.15, 0.2) is 0 Å². The molecule has 1 N–H and O–H groups in total. The quantitative estimate of drug-likeness (QED) is 0.843. The van der Waals surface area contributed by atoms with Gasteiger partial charge < -0.3 is 5.32 Å². The summed E-state index contributed by atoms with van der Waals surface area (Å²) in [6.45, 7) is 4.37. The standard InChI is InChI=1S/C15H18N2/c1-10-7-12(8-10)17-15-9-11(2)16-14-6-4-3-5-13(14)15/h3-6,9-10,12H,7-8H2,1-2H3,(H,16,17). The van der Waals surface area contributed by atoms with Gasteiger partial charge in [0.2, 0.25) is 0 Å². The van der Waals surface area contributed by atoms with Crippen LogP contribution in [0, 0.1) is 12.8 Å². The summed E-state index contributed by atoms with van der Waals surface area (Å²) in [5.41, 5.74) is 3.41. The van der Waals surface area contributed by atoms with Crippen molar-refractivity contribution in [3.8, 4) is 0 Å². The highest BCUT2D eigenvalue weighted by atomic mass is 14.9. The van der Waals surface area contributed by atoms with Gasteiger partial charge in [-0.05, 0) is 37.8 Å². The number of hydrogen-bond donors (Lipinski definition) is 1. The lowest BCUT2D eigenvalue weighted by molar-refractivity contribution is 0.309. The third-order valence-corrected chi connectivity index (χ3v) is 3.58. The summed E-state index contributed by atoms with van der Waals surface area (Å²) >= 11 is 0. The average Bonchev–Trinajstić information content (AvgIpc) is 2.26. The molecule has 2 heteroatoms. The van der Waals surface area contributed by atoms with Gasteiger partial charge in [0, 0.05) is 22.8 Å². The topological polar surface area (TPSA) is 24.9 Å². The summed E-state index contributed by atoms with van der Waals surface area (Å²) in [5, 5.41) is 4.89. The highest BCUT2D eigenvalue weighted by Crippen LogP contribution is 2.32. The molecule has 0 radical (unpaired) electrons. The Labute approximate surface area is 102 Å². The van der Waals surface area contributed by atoms with Gasteiger partial charge in [0.25, 0.3) is 0 Å². The first-order valence-corrected chi connectivity index (χ1v) is 6.35. The number of aryl methyl sites for hydroxylation is 1. The zero-order valence-corrected chi connectivity index (χ0v) is 10.4. The zero-order chi connectivity index (χ0) is 11.8.